The molecule has 5 aliphatic carbocycles. The van der Waals surface area contributed by atoms with Crippen molar-refractivity contribution in [2.24, 2.45) is 50.2 Å². The van der Waals surface area contributed by atoms with Crippen molar-refractivity contribution in [3.05, 3.63) is 11.6 Å². The fourth-order valence-electron chi connectivity index (χ4n) is 10.9. The van der Waals surface area contributed by atoms with E-state index >= 15 is 0 Å². The number of fused-ring (bicyclic) bond motifs is 7. The summed E-state index contributed by atoms with van der Waals surface area (Å²) in [5.41, 5.74) is 1.18. The molecule has 0 aromatic heterocycles. The Morgan fingerprint density at radius 1 is 0.857 bits per heavy atom. The van der Waals surface area contributed by atoms with Gasteiger partial charge in [0.2, 0.25) is 0 Å². The highest BCUT2D eigenvalue weighted by Crippen LogP contribution is 2.75. The zero-order chi connectivity index (χ0) is 25.8. The van der Waals surface area contributed by atoms with Crippen molar-refractivity contribution >= 4 is 5.97 Å². The minimum absolute atomic E-state index is 0.00763. The summed E-state index contributed by atoms with van der Waals surface area (Å²) in [5, 5.41) is 22.4. The SMILES string of the molecule is COC(=O)[C@@]1(C)C2CC[C@]3(C)[C@H](CC=C4[C@H]5CC(C)(C)C[C@@H](O)[C@]5(C)CC[C@]43C)[C@@]2(C)CC[C@@H]1O. The third kappa shape index (κ3) is 3.08. The van der Waals surface area contributed by atoms with E-state index in [-0.39, 0.29) is 45.1 Å². The number of hydrogen-bond donors (Lipinski definition) is 2. The summed E-state index contributed by atoms with van der Waals surface area (Å²) in [5.74, 6) is 0.809. The second-order valence-electron chi connectivity index (χ2n) is 15.3. The van der Waals surface area contributed by atoms with Crippen molar-refractivity contribution in [3.63, 3.8) is 0 Å². The predicted octanol–water partition coefficient (Wildman–Crippen LogP) is 6.29. The van der Waals surface area contributed by atoms with Crippen LogP contribution in [0, 0.1) is 50.2 Å². The van der Waals surface area contributed by atoms with E-state index in [1.165, 1.54) is 7.11 Å². The number of ether oxygens (including phenoxy) is 1. The third-order valence-corrected chi connectivity index (χ3v) is 13.4. The Kier molecular flexibility index (Phi) is 5.59. The molecular formula is C31H50O4. The summed E-state index contributed by atoms with van der Waals surface area (Å²) >= 11 is 0. The molecule has 0 amide bonds. The Bertz CT molecular complexity index is 938. The fraction of sp³-hybridized carbons (Fsp3) is 0.903. The van der Waals surface area contributed by atoms with Crippen molar-refractivity contribution in [1.82, 2.24) is 0 Å². The van der Waals surface area contributed by atoms with Crippen molar-refractivity contribution in [2.75, 3.05) is 7.11 Å². The summed E-state index contributed by atoms with van der Waals surface area (Å²) in [4.78, 5) is 13.1. The quantitative estimate of drug-likeness (QED) is 0.337. The average Bonchev–Trinajstić information content (AvgIpc) is 2.78. The van der Waals surface area contributed by atoms with E-state index in [4.69, 9.17) is 4.74 Å². The summed E-state index contributed by atoms with van der Waals surface area (Å²) in [7, 11) is 1.47. The Labute approximate surface area is 213 Å². The molecule has 4 heteroatoms. The number of aliphatic hydroxyl groups is 2. The lowest BCUT2D eigenvalue weighted by Gasteiger charge is -2.71. The normalized spacial score (nSPS) is 54.9. The smallest absolute Gasteiger partial charge is 0.314 e. The number of carbonyl (C=O) groups excluding carboxylic acids is 1. The zero-order valence-electron chi connectivity index (χ0n) is 23.5. The van der Waals surface area contributed by atoms with Crippen LogP contribution in [0.25, 0.3) is 0 Å². The summed E-state index contributed by atoms with van der Waals surface area (Å²) in [6, 6.07) is 0. The van der Waals surface area contributed by atoms with Crippen LogP contribution in [0.5, 0.6) is 0 Å². The van der Waals surface area contributed by atoms with E-state index < -0.39 is 11.5 Å². The number of methoxy groups -OCH3 is 1. The lowest BCUT2D eigenvalue weighted by Crippen LogP contribution is -2.66. The highest BCUT2D eigenvalue weighted by molar-refractivity contribution is 5.78. The van der Waals surface area contributed by atoms with Gasteiger partial charge in [0.1, 0.15) is 0 Å². The highest BCUT2D eigenvalue weighted by Gasteiger charge is 2.70. The van der Waals surface area contributed by atoms with Gasteiger partial charge in [0, 0.05) is 5.41 Å². The molecule has 10 atom stereocenters. The lowest BCUT2D eigenvalue weighted by atomic mass is 9.33. The van der Waals surface area contributed by atoms with Crippen LogP contribution in [-0.2, 0) is 9.53 Å². The third-order valence-electron chi connectivity index (χ3n) is 13.4. The van der Waals surface area contributed by atoms with Gasteiger partial charge in [-0.25, -0.2) is 0 Å². The molecule has 1 unspecified atom stereocenters. The van der Waals surface area contributed by atoms with E-state index in [1.54, 1.807) is 5.57 Å². The van der Waals surface area contributed by atoms with Crippen molar-refractivity contribution in [1.29, 1.82) is 0 Å². The zero-order valence-corrected chi connectivity index (χ0v) is 23.5. The molecule has 0 saturated heterocycles. The Balaban J connectivity index is 1.58. The summed E-state index contributed by atoms with van der Waals surface area (Å²) in [6.07, 6.45) is 10.7. The monoisotopic (exact) mass is 486 g/mol. The first-order valence-electron chi connectivity index (χ1n) is 14.3. The molecule has 198 valence electrons. The fourth-order valence-corrected chi connectivity index (χ4v) is 10.9. The van der Waals surface area contributed by atoms with E-state index in [0.29, 0.717) is 18.3 Å². The number of allylic oxidation sites excluding steroid dienone is 2. The number of hydrogen-bond acceptors (Lipinski definition) is 4. The first kappa shape index (κ1) is 25.8. The molecular weight excluding hydrogens is 436 g/mol. The highest BCUT2D eigenvalue weighted by atomic mass is 16.5. The van der Waals surface area contributed by atoms with Gasteiger partial charge in [0.05, 0.1) is 24.7 Å². The second-order valence-corrected chi connectivity index (χ2v) is 15.3. The van der Waals surface area contributed by atoms with Gasteiger partial charge in [-0.05, 0) is 104 Å². The van der Waals surface area contributed by atoms with Gasteiger partial charge in [0.25, 0.3) is 0 Å². The lowest BCUT2D eigenvalue weighted by molar-refractivity contribution is -0.220. The minimum Gasteiger partial charge on any atom is -0.469 e. The number of esters is 1. The standard InChI is InChI=1S/C31H50O4/c1-26(2)17-20-19-9-10-21-28(4)13-12-23(32)31(7,25(34)35-8)22(28)11-14-30(21,6)29(19,5)16-15-27(20,3)24(33)18-26/h9,20-24,32-33H,10-18H2,1-8H3/t20-,21-,22?,23+,24-,27-,28-,29-,30-,31+/m1/s1. The van der Waals surface area contributed by atoms with Gasteiger partial charge in [0.15, 0.2) is 0 Å². The largest absolute Gasteiger partial charge is 0.469 e. The van der Waals surface area contributed by atoms with Crippen LogP contribution in [0.4, 0.5) is 0 Å². The van der Waals surface area contributed by atoms with Crippen LogP contribution in [0.1, 0.15) is 106 Å². The van der Waals surface area contributed by atoms with E-state index in [1.807, 2.05) is 6.92 Å². The molecule has 4 nitrogen and oxygen atoms in total. The Morgan fingerprint density at radius 3 is 2.20 bits per heavy atom. The first-order chi connectivity index (χ1) is 16.1. The maximum Gasteiger partial charge on any atom is 0.314 e. The number of aliphatic hydroxyl groups excluding tert-OH is 2. The Hall–Kier alpha value is -0.870. The number of carbonyl (C=O) groups is 1. The molecule has 4 fully saturated rings. The average molecular weight is 487 g/mol. The van der Waals surface area contributed by atoms with Gasteiger partial charge in [-0.3, -0.25) is 4.79 Å². The molecule has 4 saturated carbocycles. The molecule has 0 aromatic rings. The summed E-state index contributed by atoms with van der Waals surface area (Å²) < 4.78 is 5.29. The molecule has 0 aromatic carbocycles. The van der Waals surface area contributed by atoms with Gasteiger partial charge in [-0.2, -0.15) is 0 Å². The van der Waals surface area contributed by atoms with E-state index in [2.05, 4.69) is 47.6 Å². The Morgan fingerprint density at radius 2 is 1.54 bits per heavy atom. The van der Waals surface area contributed by atoms with Gasteiger partial charge in [-0.15, -0.1) is 0 Å². The molecule has 0 heterocycles. The minimum atomic E-state index is -0.837. The molecule has 0 spiro atoms. The predicted molar refractivity (Wildman–Crippen MR) is 138 cm³/mol. The molecule has 0 aliphatic heterocycles. The van der Waals surface area contributed by atoms with Crippen LogP contribution >= 0.6 is 0 Å². The maximum absolute atomic E-state index is 13.1. The van der Waals surface area contributed by atoms with Crippen LogP contribution in [-0.4, -0.2) is 35.5 Å². The van der Waals surface area contributed by atoms with Crippen LogP contribution in [0.3, 0.4) is 0 Å². The molecule has 5 aliphatic rings. The molecule has 2 N–H and O–H groups in total. The molecule has 0 bridgehead atoms. The van der Waals surface area contributed by atoms with Crippen LogP contribution in [0.15, 0.2) is 11.6 Å². The molecule has 5 rings (SSSR count). The van der Waals surface area contributed by atoms with Crippen LogP contribution in [0.2, 0.25) is 0 Å². The topological polar surface area (TPSA) is 66.8 Å². The van der Waals surface area contributed by atoms with E-state index in [9.17, 15) is 15.0 Å². The first-order valence-corrected chi connectivity index (χ1v) is 14.3. The maximum atomic E-state index is 13.1. The van der Waals surface area contributed by atoms with Crippen LogP contribution < -0.4 is 0 Å². The van der Waals surface area contributed by atoms with Crippen molar-refractivity contribution in [3.8, 4) is 0 Å². The van der Waals surface area contributed by atoms with Crippen molar-refractivity contribution in [2.45, 2.75) is 118 Å². The van der Waals surface area contributed by atoms with Gasteiger partial charge >= 0.3 is 5.97 Å². The van der Waals surface area contributed by atoms with Gasteiger partial charge < -0.3 is 14.9 Å². The molecule has 35 heavy (non-hydrogen) atoms. The molecule has 0 radical (unpaired) electrons. The second kappa shape index (κ2) is 7.59. The number of rotatable bonds is 1. The van der Waals surface area contributed by atoms with E-state index in [0.717, 1.165) is 51.4 Å². The van der Waals surface area contributed by atoms with Gasteiger partial charge in [-0.1, -0.05) is 53.2 Å². The van der Waals surface area contributed by atoms with Crippen molar-refractivity contribution < 1.29 is 19.7 Å². The summed E-state index contributed by atoms with van der Waals surface area (Å²) in [6.45, 7) is 16.5.